The number of ether oxygens (including phenoxy) is 3. The van der Waals surface area contributed by atoms with Gasteiger partial charge in [-0.1, -0.05) is 6.07 Å². The van der Waals surface area contributed by atoms with Gasteiger partial charge in [0.05, 0.1) is 20.8 Å². The van der Waals surface area contributed by atoms with Gasteiger partial charge >= 0.3 is 5.97 Å². The molecule has 5 nitrogen and oxygen atoms in total. The van der Waals surface area contributed by atoms with Crippen LogP contribution in [0.25, 0.3) is 0 Å². The molecular weight excluding hydrogens is 234 g/mol. The molecule has 0 spiro atoms. The third-order valence-corrected chi connectivity index (χ3v) is 2.48. The lowest BCUT2D eigenvalue weighted by Crippen LogP contribution is -2.18. The highest BCUT2D eigenvalue weighted by Gasteiger charge is 2.13. The third kappa shape index (κ3) is 4.01. The van der Waals surface area contributed by atoms with E-state index in [9.17, 15) is 4.79 Å². The van der Waals surface area contributed by atoms with Crippen molar-refractivity contribution in [1.82, 2.24) is 5.32 Å². The summed E-state index contributed by atoms with van der Waals surface area (Å²) in [5.41, 5.74) is 1.43. The molecule has 0 aromatic heterocycles. The molecule has 0 aliphatic carbocycles. The smallest absolute Gasteiger partial charge is 0.341 e. The van der Waals surface area contributed by atoms with Crippen LogP contribution in [0, 0.1) is 0 Å². The fourth-order valence-electron chi connectivity index (χ4n) is 1.54. The minimum atomic E-state index is -0.398. The van der Waals surface area contributed by atoms with Crippen LogP contribution in [-0.4, -0.2) is 40.5 Å². The van der Waals surface area contributed by atoms with Gasteiger partial charge in [0, 0.05) is 20.2 Å². The monoisotopic (exact) mass is 253 g/mol. The van der Waals surface area contributed by atoms with E-state index in [4.69, 9.17) is 14.2 Å². The van der Waals surface area contributed by atoms with Crippen LogP contribution in [0.15, 0.2) is 18.2 Å². The summed E-state index contributed by atoms with van der Waals surface area (Å²) in [6, 6.07) is 5.44. The average molecular weight is 253 g/mol. The van der Waals surface area contributed by atoms with Crippen LogP contribution in [-0.2, 0) is 16.0 Å². The maximum absolute atomic E-state index is 11.6. The molecule has 0 saturated carbocycles. The van der Waals surface area contributed by atoms with Gasteiger partial charge in [0.15, 0.2) is 0 Å². The van der Waals surface area contributed by atoms with Gasteiger partial charge in [-0.15, -0.1) is 0 Å². The molecule has 0 radical (unpaired) electrons. The molecule has 1 N–H and O–H groups in total. The molecular formula is C13H19NO4. The first-order chi connectivity index (χ1) is 8.72. The number of hydrogen-bond donors (Lipinski definition) is 1. The SMILES string of the molecule is COCCNCc1ccc(OC)c(C(=O)OC)c1. The van der Waals surface area contributed by atoms with Crippen molar-refractivity contribution in [2.45, 2.75) is 6.54 Å². The van der Waals surface area contributed by atoms with E-state index in [2.05, 4.69) is 5.32 Å². The topological polar surface area (TPSA) is 56.8 Å². The highest BCUT2D eigenvalue weighted by molar-refractivity contribution is 5.92. The zero-order chi connectivity index (χ0) is 13.4. The van der Waals surface area contributed by atoms with Gasteiger partial charge in [-0.2, -0.15) is 0 Å². The highest BCUT2D eigenvalue weighted by atomic mass is 16.5. The fraction of sp³-hybridized carbons (Fsp3) is 0.462. The van der Waals surface area contributed by atoms with Crippen LogP contribution < -0.4 is 10.1 Å². The van der Waals surface area contributed by atoms with Crippen molar-refractivity contribution < 1.29 is 19.0 Å². The normalized spacial score (nSPS) is 10.2. The first kappa shape index (κ1) is 14.5. The van der Waals surface area contributed by atoms with E-state index in [0.717, 1.165) is 12.1 Å². The first-order valence-corrected chi connectivity index (χ1v) is 5.67. The summed E-state index contributed by atoms with van der Waals surface area (Å²) in [6.07, 6.45) is 0. The molecule has 1 aromatic carbocycles. The van der Waals surface area contributed by atoms with Crippen LogP contribution in [0.4, 0.5) is 0 Å². The molecule has 0 aliphatic rings. The minimum Gasteiger partial charge on any atom is -0.496 e. The Balaban J connectivity index is 2.73. The van der Waals surface area contributed by atoms with Crippen LogP contribution >= 0.6 is 0 Å². The van der Waals surface area contributed by atoms with Crippen molar-refractivity contribution in [2.24, 2.45) is 0 Å². The Morgan fingerprint density at radius 3 is 2.67 bits per heavy atom. The maximum Gasteiger partial charge on any atom is 0.341 e. The number of hydrogen-bond acceptors (Lipinski definition) is 5. The number of carbonyl (C=O) groups is 1. The van der Waals surface area contributed by atoms with E-state index in [1.54, 1.807) is 19.2 Å². The van der Waals surface area contributed by atoms with E-state index < -0.39 is 5.97 Å². The largest absolute Gasteiger partial charge is 0.496 e. The predicted octanol–water partition coefficient (Wildman–Crippen LogP) is 1.22. The average Bonchev–Trinajstić information content (AvgIpc) is 2.42. The Hall–Kier alpha value is -1.59. The first-order valence-electron chi connectivity index (χ1n) is 5.67. The second-order valence-corrected chi connectivity index (χ2v) is 3.70. The summed E-state index contributed by atoms with van der Waals surface area (Å²) in [5.74, 6) is 0.119. The second-order valence-electron chi connectivity index (χ2n) is 3.70. The van der Waals surface area contributed by atoms with Crippen molar-refractivity contribution in [3.63, 3.8) is 0 Å². The van der Waals surface area contributed by atoms with Gasteiger partial charge in [-0.3, -0.25) is 0 Å². The summed E-state index contributed by atoms with van der Waals surface area (Å²) in [6.45, 7) is 2.08. The zero-order valence-corrected chi connectivity index (χ0v) is 11.0. The van der Waals surface area contributed by atoms with E-state index in [0.29, 0.717) is 24.5 Å². The number of methoxy groups -OCH3 is 3. The Bertz CT molecular complexity index is 393. The van der Waals surface area contributed by atoms with E-state index in [-0.39, 0.29) is 0 Å². The van der Waals surface area contributed by atoms with Gasteiger partial charge in [0.1, 0.15) is 11.3 Å². The Morgan fingerprint density at radius 2 is 2.06 bits per heavy atom. The Kier molecular flexibility index (Phi) is 6.18. The van der Waals surface area contributed by atoms with Gasteiger partial charge in [0.25, 0.3) is 0 Å². The van der Waals surface area contributed by atoms with Crippen molar-refractivity contribution >= 4 is 5.97 Å². The van der Waals surface area contributed by atoms with Gasteiger partial charge < -0.3 is 19.5 Å². The molecule has 18 heavy (non-hydrogen) atoms. The molecule has 0 unspecified atom stereocenters. The molecule has 0 fully saturated rings. The molecule has 0 saturated heterocycles. The molecule has 0 heterocycles. The van der Waals surface area contributed by atoms with Crippen LogP contribution in [0.5, 0.6) is 5.75 Å². The van der Waals surface area contributed by atoms with Gasteiger partial charge in [-0.25, -0.2) is 4.79 Å². The quantitative estimate of drug-likeness (QED) is 0.585. The van der Waals surface area contributed by atoms with E-state index in [1.165, 1.54) is 14.2 Å². The molecule has 1 aromatic rings. The Labute approximate surface area is 107 Å². The summed E-state index contributed by atoms with van der Waals surface area (Å²) < 4.78 is 14.8. The molecule has 0 bridgehead atoms. The van der Waals surface area contributed by atoms with Crippen molar-refractivity contribution in [2.75, 3.05) is 34.5 Å². The molecule has 0 aliphatic heterocycles. The lowest BCUT2D eigenvalue weighted by Gasteiger charge is -2.10. The summed E-state index contributed by atoms with van der Waals surface area (Å²) >= 11 is 0. The molecule has 0 atom stereocenters. The van der Waals surface area contributed by atoms with Crippen molar-refractivity contribution in [1.29, 1.82) is 0 Å². The number of rotatable bonds is 7. The highest BCUT2D eigenvalue weighted by Crippen LogP contribution is 2.20. The van der Waals surface area contributed by atoms with Crippen LogP contribution in [0.2, 0.25) is 0 Å². The third-order valence-electron chi connectivity index (χ3n) is 2.48. The summed E-state index contributed by atoms with van der Waals surface area (Å²) in [7, 11) is 4.54. The van der Waals surface area contributed by atoms with Crippen LogP contribution in [0.3, 0.4) is 0 Å². The fourth-order valence-corrected chi connectivity index (χ4v) is 1.54. The van der Waals surface area contributed by atoms with E-state index in [1.807, 2.05) is 6.07 Å². The minimum absolute atomic E-state index is 0.398. The number of esters is 1. The van der Waals surface area contributed by atoms with Crippen molar-refractivity contribution in [3.8, 4) is 5.75 Å². The Morgan fingerprint density at radius 1 is 1.28 bits per heavy atom. The van der Waals surface area contributed by atoms with Gasteiger partial charge in [-0.05, 0) is 17.7 Å². The summed E-state index contributed by atoms with van der Waals surface area (Å²) in [5, 5.41) is 3.21. The molecule has 100 valence electrons. The second kappa shape index (κ2) is 7.68. The lowest BCUT2D eigenvalue weighted by atomic mass is 10.1. The maximum atomic E-state index is 11.6. The standard InChI is InChI=1S/C13H19NO4/c1-16-7-6-14-9-10-4-5-12(17-2)11(8-10)13(15)18-3/h4-5,8,14H,6-7,9H2,1-3H3. The lowest BCUT2D eigenvalue weighted by molar-refractivity contribution is 0.0597. The van der Waals surface area contributed by atoms with Crippen molar-refractivity contribution in [3.05, 3.63) is 29.3 Å². The predicted molar refractivity (Wildman–Crippen MR) is 67.9 cm³/mol. The molecule has 5 heteroatoms. The van der Waals surface area contributed by atoms with Crippen LogP contribution in [0.1, 0.15) is 15.9 Å². The zero-order valence-electron chi connectivity index (χ0n) is 11.0. The summed E-state index contributed by atoms with van der Waals surface area (Å²) in [4.78, 5) is 11.6. The van der Waals surface area contributed by atoms with Gasteiger partial charge in [0.2, 0.25) is 0 Å². The molecule has 1 rings (SSSR count). The number of nitrogens with one attached hydrogen (secondary N) is 1. The molecule has 0 amide bonds. The number of benzene rings is 1. The van der Waals surface area contributed by atoms with E-state index >= 15 is 0 Å². The number of carbonyl (C=O) groups excluding carboxylic acids is 1.